The third-order valence-corrected chi connectivity index (χ3v) is 5.68. The SMILES string of the molecule is O=C1c2ccccc2C(=O)N1CCCCOc1cccc(CN2CCCCC2)c1. The standard InChI is InChI=1S/C24H28N2O3/c27-23-21-11-2-3-12-22(21)24(28)26(23)15-6-7-16-29-20-10-8-9-19(17-20)18-25-13-4-1-5-14-25/h2-3,8-12,17H,1,4-7,13-16,18H2. The van der Waals surface area contributed by atoms with Crippen molar-refractivity contribution in [2.75, 3.05) is 26.2 Å². The smallest absolute Gasteiger partial charge is 0.261 e. The molecule has 152 valence electrons. The molecule has 1 saturated heterocycles. The van der Waals surface area contributed by atoms with Crippen molar-refractivity contribution in [2.45, 2.75) is 38.6 Å². The van der Waals surface area contributed by atoms with Gasteiger partial charge >= 0.3 is 0 Å². The van der Waals surface area contributed by atoms with E-state index in [4.69, 9.17) is 4.74 Å². The van der Waals surface area contributed by atoms with Crippen molar-refractivity contribution in [3.8, 4) is 5.75 Å². The summed E-state index contributed by atoms with van der Waals surface area (Å²) in [4.78, 5) is 28.6. The molecule has 0 radical (unpaired) electrons. The van der Waals surface area contributed by atoms with Crippen LogP contribution in [0.25, 0.3) is 0 Å². The van der Waals surface area contributed by atoms with Gasteiger partial charge in [-0.2, -0.15) is 0 Å². The Labute approximate surface area is 172 Å². The molecule has 0 spiro atoms. The molecule has 5 nitrogen and oxygen atoms in total. The van der Waals surface area contributed by atoms with E-state index in [2.05, 4.69) is 17.0 Å². The summed E-state index contributed by atoms with van der Waals surface area (Å²) < 4.78 is 5.91. The second-order valence-electron chi connectivity index (χ2n) is 7.85. The van der Waals surface area contributed by atoms with Gasteiger partial charge in [0.1, 0.15) is 5.75 Å². The molecule has 29 heavy (non-hydrogen) atoms. The molecule has 0 unspecified atom stereocenters. The molecular weight excluding hydrogens is 364 g/mol. The van der Waals surface area contributed by atoms with Crippen molar-refractivity contribution in [3.05, 3.63) is 65.2 Å². The van der Waals surface area contributed by atoms with Gasteiger partial charge in [-0.05, 0) is 68.6 Å². The third kappa shape index (κ3) is 4.67. The first-order chi connectivity index (χ1) is 14.2. The van der Waals surface area contributed by atoms with Crippen LogP contribution in [0.2, 0.25) is 0 Å². The highest BCUT2D eigenvalue weighted by Gasteiger charge is 2.34. The van der Waals surface area contributed by atoms with E-state index in [9.17, 15) is 9.59 Å². The van der Waals surface area contributed by atoms with Gasteiger partial charge in [-0.3, -0.25) is 19.4 Å². The first-order valence-electron chi connectivity index (χ1n) is 10.6. The molecule has 2 aliphatic rings. The summed E-state index contributed by atoms with van der Waals surface area (Å²) >= 11 is 0. The van der Waals surface area contributed by atoms with Crippen LogP contribution in [0.1, 0.15) is 58.4 Å². The number of rotatable bonds is 8. The van der Waals surface area contributed by atoms with Gasteiger partial charge in [-0.25, -0.2) is 0 Å². The maximum Gasteiger partial charge on any atom is 0.261 e. The van der Waals surface area contributed by atoms with Crippen LogP contribution in [0, 0.1) is 0 Å². The lowest BCUT2D eigenvalue weighted by atomic mass is 10.1. The van der Waals surface area contributed by atoms with E-state index in [-0.39, 0.29) is 11.8 Å². The van der Waals surface area contributed by atoms with Crippen LogP contribution in [0.4, 0.5) is 0 Å². The Kier molecular flexibility index (Phi) is 6.25. The van der Waals surface area contributed by atoms with E-state index in [1.54, 1.807) is 24.3 Å². The molecule has 0 bridgehead atoms. The average molecular weight is 392 g/mol. The molecule has 0 aliphatic carbocycles. The number of unbranched alkanes of at least 4 members (excludes halogenated alkanes) is 1. The van der Waals surface area contributed by atoms with Crippen molar-refractivity contribution in [1.29, 1.82) is 0 Å². The van der Waals surface area contributed by atoms with Gasteiger partial charge in [0.05, 0.1) is 17.7 Å². The molecule has 4 rings (SSSR count). The van der Waals surface area contributed by atoms with Crippen LogP contribution in [-0.4, -0.2) is 47.9 Å². The minimum atomic E-state index is -0.183. The first-order valence-corrected chi connectivity index (χ1v) is 10.6. The Bertz CT molecular complexity index is 839. The fourth-order valence-corrected chi connectivity index (χ4v) is 4.11. The van der Waals surface area contributed by atoms with Crippen molar-refractivity contribution in [2.24, 2.45) is 0 Å². The number of likely N-dealkylation sites (tertiary alicyclic amines) is 1. The number of nitrogens with zero attached hydrogens (tertiary/aromatic N) is 2. The molecule has 0 N–H and O–H groups in total. The van der Waals surface area contributed by atoms with Gasteiger partial charge in [0, 0.05) is 13.1 Å². The second-order valence-corrected chi connectivity index (χ2v) is 7.85. The molecule has 2 aliphatic heterocycles. The molecule has 0 saturated carbocycles. The maximum atomic E-state index is 12.4. The van der Waals surface area contributed by atoms with Crippen LogP contribution in [-0.2, 0) is 6.54 Å². The van der Waals surface area contributed by atoms with Crippen molar-refractivity contribution in [3.63, 3.8) is 0 Å². The van der Waals surface area contributed by atoms with Gasteiger partial charge in [0.15, 0.2) is 0 Å². The summed E-state index contributed by atoms with van der Waals surface area (Å²) in [5.41, 5.74) is 2.31. The zero-order chi connectivity index (χ0) is 20.1. The van der Waals surface area contributed by atoms with Crippen LogP contribution < -0.4 is 4.74 Å². The van der Waals surface area contributed by atoms with Gasteiger partial charge in [0.25, 0.3) is 11.8 Å². The Hall–Kier alpha value is -2.66. The second kappa shape index (κ2) is 9.23. The zero-order valence-corrected chi connectivity index (χ0v) is 16.8. The van der Waals surface area contributed by atoms with E-state index in [1.165, 1.54) is 42.8 Å². The Morgan fingerprint density at radius 2 is 1.55 bits per heavy atom. The molecule has 2 aromatic carbocycles. The minimum Gasteiger partial charge on any atom is -0.494 e. The number of amides is 2. The Balaban J connectivity index is 1.21. The maximum absolute atomic E-state index is 12.4. The lowest BCUT2D eigenvalue weighted by Crippen LogP contribution is -2.30. The van der Waals surface area contributed by atoms with Gasteiger partial charge in [-0.1, -0.05) is 30.7 Å². The van der Waals surface area contributed by atoms with Crippen LogP contribution in [0.3, 0.4) is 0 Å². The summed E-state index contributed by atoms with van der Waals surface area (Å²) in [7, 11) is 0. The highest BCUT2D eigenvalue weighted by atomic mass is 16.5. The summed E-state index contributed by atoms with van der Waals surface area (Å²) in [6, 6.07) is 15.3. The molecule has 2 heterocycles. The summed E-state index contributed by atoms with van der Waals surface area (Å²) in [6.07, 6.45) is 5.47. The molecule has 0 atom stereocenters. The Morgan fingerprint density at radius 1 is 0.828 bits per heavy atom. The minimum absolute atomic E-state index is 0.183. The average Bonchev–Trinajstić information content (AvgIpc) is 2.99. The number of carbonyl (C=O) groups excluding carboxylic acids is 2. The number of carbonyl (C=O) groups is 2. The van der Waals surface area contributed by atoms with Crippen molar-refractivity contribution >= 4 is 11.8 Å². The number of ether oxygens (including phenoxy) is 1. The van der Waals surface area contributed by atoms with E-state index >= 15 is 0 Å². The molecule has 2 amide bonds. The molecule has 0 aromatic heterocycles. The Morgan fingerprint density at radius 3 is 2.28 bits per heavy atom. The fraction of sp³-hybridized carbons (Fsp3) is 0.417. The number of hydrogen-bond donors (Lipinski definition) is 0. The summed E-state index contributed by atoms with van der Waals surface area (Å²) in [5, 5.41) is 0. The number of imide groups is 1. The third-order valence-electron chi connectivity index (χ3n) is 5.68. The van der Waals surface area contributed by atoms with E-state index in [0.717, 1.165) is 25.1 Å². The predicted molar refractivity (Wildman–Crippen MR) is 112 cm³/mol. The van der Waals surface area contributed by atoms with E-state index < -0.39 is 0 Å². The van der Waals surface area contributed by atoms with E-state index in [0.29, 0.717) is 24.3 Å². The number of piperidine rings is 1. The van der Waals surface area contributed by atoms with Gasteiger partial charge in [-0.15, -0.1) is 0 Å². The topological polar surface area (TPSA) is 49.9 Å². The lowest BCUT2D eigenvalue weighted by Gasteiger charge is -2.26. The van der Waals surface area contributed by atoms with Crippen LogP contribution in [0.5, 0.6) is 5.75 Å². The van der Waals surface area contributed by atoms with Crippen molar-refractivity contribution < 1.29 is 14.3 Å². The zero-order valence-electron chi connectivity index (χ0n) is 16.8. The highest BCUT2D eigenvalue weighted by Crippen LogP contribution is 2.23. The molecular formula is C24H28N2O3. The molecule has 1 fully saturated rings. The normalized spacial score (nSPS) is 16.9. The number of hydrogen-bond acceptors (Lipinski definition) is 4. The summed E-state index contributed by atoms with van der Waals surface area (Å²) in [6.45, 7) is 4.36. The predicted octanol–water partition coefficient (Wildman–Crippen LogP) is 4.13. The largest absolute Gasteiger partial charge is 0.494 e. The molecule has 5 heteroatoms. The van der Waals surface area contributed by atoms with Crippen LogP contribution in [0.15, 0.2) is 48.5 Å². The first kappa shape index (κ1) is 19.6. The van der Waals surface area contributed by atoms with Gasteiger partial charge in [0.2, 0.25) is 0 Å². The monoisotopic (exact) mass is 392 g/mol. The summed E-state index contributed by atoms with van der Waals surface area (Å²) in [5.74, 6) is 0.522. The molecule has 2 aromatic rings. The lowest BCUT2D eigenvalue weighted by molar-refractivity contribution is 0.0649. The highest BCUT2D eigenvalue weighted by molar-refractivity contribution is 6.21. The van der Waals surface area contributed by atoms with E-state index in [1.807, 2.05) is 12.1 Å². The number of fused-ring (bicyclic) bond motifs is 1. The van der Waals surface area contributed by atoms with Crippen LogP contribution >= 0.6 is 0 Å². The van der Waals surface area contributed by atoms with Crippen molar-refractivity contribution in [1.82, 2.24) is 9.80 Å². The number of benzene rings is 2. The van der Waals surface area contributed by atoms with Gasteiger partial charge < -0.3 is 4.74 Å². The fourth-order valence-electron chi connectivity index (χ4n) is 4.11. The quantitative estimate of drug-likeness (QED) is 0.501.